The van der Waals surface area contributed by atoms with Gasteiger partial charge in [0.2, 0.25) is 0 Å². The van der Waals surface area contributed by atoms with Crippen molar-refractivity contribution in [2.24, 2.45) is 0 Å². The average Bonchev–Trinajstić information content (AvgIpc) is 2.80. The van der Waals surface area contributed by atoms with Crippen LogP contribution in [-0.2, 0) is 17.3 Å². The molecule has 0 fully saturated rings. The van der Waals surface area contributed by atoms with Crippen LogP contribution in [0.3, 0.4) is 0 Å². The largest absolute Gasteiger partial charge is 0.493 e. The van der Waals surface area contributed by atoms with Crippen molar-refractivity contribution in [3.63, 3.8) is 0 Å². The van der Waals surface area contributed by atoms with Gasteiger partial charge in [-0.2, -0.15) is 0 Å². The molecule has 0 aliphatic heterocycles. The number of fused-ring (bicyclic) bond motifs is 1. The highest BCUT2D eigenvalue weighted by Gasteiger charge is 2.37. The van der Waals surface area contributed by atoms with Crippen molar-refractivity contribution in [2.45, 2.75) is 63.7 Å². The van der Waals surface area contributed by atoms with Crippen LogP contribution in [0, 0.1) is 0 Å². The molecule has 33 heavy (non-hydrogen) atoms. The molecule has 1 aliphatic rings. The number of carbonyl (C=O) groups is 1. The normalized spacial score (nSPS) is 17.1. The molecule has 0 saturated heterocycles. The van der Waals surface area contributed by atoms with E-state index in [1.165, 1.54) is 35.1 Å². The highest BCUT2D eigenvalue weighted by molar-refractivity contribution is 5.87. The maximum absolute atomic E-state index is 11.1. The molecule has 1 unspecified atom stereocenters. The Morgan fingerprint density at radius 3 is 2.33 bits per heavy atom. The van der Waals surface area contributed by atoms with Crippen LogP contribution in [0.4, 0.5) is 0 Å². The van der Waals surface area contributed by atoms with E-state index in [2.05, 4.69) is 56.9 Å². The minimum atomic E-state index is -0.935. The van der Waals surface area contributed by atoms with Crippen molar-refractivity contribution < 1.29 is 14.6 Å². The van der Waals surface area contributed by atoms with E-state index in [1.807, 2.05) is 12.3 Å². The number of ether oxygens (including phenoxy) is 1. The molecule has 0 radical (unpaired) electrons. The lowest BCUT2D eigenvalue weighted by Gasteiger charge is -2.42. The molecular formula is C29H33NO3. The molecule has 0 bridgehead atoms. The van der Waals surface area contributed by atoms with Crippen molar-refractivity contribution in [3.8, 4) is 5.75 Å². The number of nitrogens with zero attached hydrogens (tertiary/aromatic N) is 1. The van der Waals surface area contributed by atoms with Gasteiger partial charge in [-0.25, -0.2) is 4.79 Å². The van der Waals surface area contributed by atoms with Crippen LogP contribution in [0.25, 0.3) is 0 Å². The third kappa shape index (κ3) is 5.11. The zero-order valence-corrected chi connectivity index (χ0v) is 20.0. The first-order chi connectivity index (χ1) is 15.7. The minimum Gasteiger partial charge on any atom is -0.493 e. The SMILES string of the molecule is CC1(C)CCC(C)(C)c2cc(C(COc3ccc(C(=O)O)cc3)Cc3cccnc3)ccc21. The van der Waals surface area contributed by atoms with Crippen LogP contribution in [0.1, 0.15) is 79.1 Å². The topological polar surface area (TPSA) is 59.4 Å². The van der Waals surface area contributed by atoms with E-state index in [1.54, 1.807) is 30.5 Å². The zero-order chi connectivity index (χ0) is 23.6. The summed E-state index contributed by atoms with van der Waals surface area (Å²) in [6.07, 6.45) is 6.91. The fourth-order valence-electron chi connectivity index (χ4n) is 4.83. The van der Waals surface area contributed by atoms with Crippen molar-refractivity contribution >= 4 is 5.97 Å². The number of aromatic carboxylic acids is 1. The van der Waals surface area contributed by atoms with Crippen LogP contribution in [-0.4, -0.2) is 22.7 Å². The van der Waals surface area contributed by atoms with E-state index < -0.39 is 5.97 Å². The van der Waals surface area contributed by atoms with Gasteiger partial charge in [-0.15, -0.1) is 0 Å². The van der Waals surface area contributed by atoms with E-state index >= 15 is 0 Å². The second-order valence-electron chi connectivity index (χ2n) is 10.5. The monoisotopic (exact) mass is 443 g/mol. The Bertz CT molecular complexity index is 1120. The van der Waals surface area contributed by atoms with Gasteiger partial charge < -0.3 is 9.84 Å². The lowest BCUT2D eigenvalue weighted by atomic mass is 9.62. The standard InChI is InChI=1S/C29H33NO3/c1-28(2)13-14-29(3,4)26-17-22(9-12-25(26)28)23(16-20-6-5-15-30-18-20)19-33-24-10-7-21(8-11-24)27(31)32/h5-12,15,17-18,23H,13-14,16,19H2,1-4H3,(H,31,32). The second kappa shape index (κ2) is 9.01. The summed E-state index contributed by atoms with van der Waals surface area (Å²) in [5, 5.41) is 9.14. The summed E-state index contributed by atoms with van der Waals surface area (Å²) >= 11 is 0. The van der Waals surface area contributed by atoms with Gasteiger partial charge in [-0.3, -0.25) is 4.98 Å². The summed E-state index contributed by atoms with van der Waals surface area (Å²) in [5.74, 6) is -0.106. The number of aromatic nitrogens is 1. The lowest BCUT2D eigenvalue weighted by molar-refractivity contribution is 0.0697. The van der Waals surface area contributed by atoms with Crippen molar-refractivity contribution in [3.05, 3.63) is 94.8 Å². The van der Waals surface area contributed by atoms with E-state index in [0.29, 0.717) is 12.4 Å². The predicted octanol–water partition coefficient (Wildman–Crippen LogP) is 6.53. The maximum atomic E-state index is 11.1. The smallest absolute Gasteiger partial charge is 0.335 e. The summed E-state index contributed by atoms with van der Waals surface area (Å²) in [6.45, 7) is 9.89. The number of pyridine rings is 1. The molecule has 172 valence electrons. The molecule has 3 aromatic rings. The molecule has 1 aromatic heterocycles. The zero-order valence-electron chi connectivity index (χ0n) is 20.0. The first kappa shape index (κ1) is 23.0. The summed E-state index contributed by atoms with van der Waals surface area (Å²) in [4.78, 5) is 15.4. The molecule has 2 aromatic carbocycles. The van der Waals surface area contributed by atoms with Gasteiger partial charge in [-0.05, 0) is 82.7 Å². The summed E-state index contributed by atoms with van der Waals surface area (Å²) in [6, 6.07) is 17.7. The van der Waals surface area contributed by atoms with Crippen molar-refractivity contribution in [1.29, 1.82) is 0 Å². The van der Waals surface area contributed by atoms with Gasteiger partial charge in [0, 0.05) is 18.3 Å². The summed E-state index contributed by atoms with van der Waals surface area (Å²) in [7, 11) is 0. The Hall–Kier alpha value is -3.14. The van der Waals surface area contributed by atoms with Gasteiger partial charge in [0.25, 0.3) is 0 Å². The number of rotatable bonds is 7. The Labute approximate surface area is 196 Å². The quantitative estimate of drug-likeness (QED) is 0.451. The fraction of sp³-hybridized carbons (Fsp3) is 0.379. The van der Waals surface area contributed by atoms with Crippen LogP contribution in [0.15, 0.2) is 67.0 Å². The second-order valence-corrected chi connectivity index (χ2v) is 10.5. The van der Waals surface area contributed by atoms with Gasteiger partial charge in [-0.1, -0.05) is 52.0 Å². The Balaban J connectivity index is 1.64. The van der Waals surface area contributed by atoms with Crippen molar-refractivity contribution in [1.82, 2.24) is 4.98 Å². The molecule has 1 N–H and O–H groups in total. The predicted molar refractivity (Wildman–Crippen MR) is 131 cm³/mol. The molecule has 4 nitrogen and oxygen atoms in total. The third-order valence-electron chi connectivity index (χ3n) is 7.11. The summed E-state index contributed by atoms with van der Waals surface area (Å²) < 4.78 is 6.15. The van der Waals surface area contributed by atoms with Gasteiger partial charge >= 0.3 is 5.97 Å². The van der Waals surface area contributed by atoms with Crippen molar-refractivity contribution in [2.75, 3.05) is 6.61 Å². The maximum Gasteiger partial charge on any atom is 0.335 e. The number of hydrogen-bond donors (Lipinski definition) is 1. The van der Waals surface area contributed by atoms with Gasteiger partial charge in [0.15, 0.2) is 0 Å². The molecule has 4 rings (SSSR count). The molecule has 0 saturated carbocycles. The molecule has 1 heterocycles. The molecule has 1 aliphatic carbocycles. The molecule has 4 heteroatoms. The number of carboxylic acids is 1. The Kier molecular flexibility index (Phi) is 6.29. The Morgan fingerprint density at radius 1 is 1.00 bits per heavy atom. The summed E-state index contributed by atoms with van der Waals surface area (Å²) in [5.41, 5.74) is 5.92. The first-order valence-corrected chi connectivity index (χ1v) is 11.7. The minimum absolute atomic E-state index is 0.146. The fourth-order valence-corrected chi connectivity index (χ4v) is 4.83. The molecule has 1 atom stereocenters. The van der Waals surface area contributed by atoms with E-state index in [9.17, 15) is 4.79 Å². The molecular weight excluding hydrogens is 410 g/mol. The van der Waals surface area contributed by atoms with Gasteiger partial charge in [0.1, 0.15) is 5.75 Å². The van der Waals surface area contributed by atoms with Crippen LogP contribution >= 0.6 is 0 Å². The molecule has 0 amide bonds. The average molecular weight is 444 g/mol. The highest BCUT2D eigenvalue weighted by atomic mass is 16.5. The first-order valence-electron chi connectivity index (χ1n) is 11.7. The van der Waals surface area contributed by atoms with Crippen LogP contribution in [0.2, 0.25) is 0 Å². The lowest BCUT2D eigenvalue weighted by Crippen LogP contribution is -2.34. The van der Waals surface area contributed by atoms with Gasteiger partial charge in [0.05, 0.1) is 12.2 Å². The third-order valence-corrected chi connectivity index (χ3v) is 7.11. The Morgan fingerprint density at radius 2 is 1.70 bits per heavy atom. The van der Waals surface area contributed by atoms with E-state index in [0.717, 1.165) is 6.42 Å². The van der Waals surface area contributed by atoms with E-state index in [-0.39, 0.29) is 22.3 Å². The van der Waals surface area contributed by atoms with E-state index in [4.69, 9.17) is 9.84 Å². The van der Waals surface area contributed by atoms with Crippen LogP contribution in [0.5, 0.6) is 5.75 Å². The van der Waals surface area contributed by atoms with Crippen LogP contribution < -0.4 is 4.74 Å². The highest BCUT2D eigenvalue weighted by Crippen LogP contribution is 2.46. The molecule has 0 spiro atoms. The number of hydrogen-bond acceptors (Lipinski definition) is 3. The number of benzene rings is 2. The number of carboxylic acid groups (broad SMARTS) is 1.